The molecule has 0 saturated heterocycles. The van der Waals surface area contributed by atoms with Crippen molar-refractivity contribution < 1.29 is 14.3 Å². The fourth-order valence-electron chi connectivity index (χ4n) is 2.66. The summed E-state index contributed by atoms with van der Waals surface area (Å²) in [5.41, 5.74) is 2.49. The standard InChI is InChI=1S/C22H17Cl2NO3/c1-14(28-22(27)20-17(23)11-7-12-18(20)24)21(26)25-19-13-6-5-10-16(19)15-8-3-2-4-9-15/h2-14H,1H3,(H,25,26)/t14-/m0/s1. The monoisotopic (exact) mass is 413 g/mol. The Morgan fingerprint density at radius 1 is 0.857 bits per heavy atom. The number of halogens is 2. The first-order valence-electron chi connectivity index (χ1n) is 8.57. The molecule has 4 nitrogen and oxygen atoms in total. The van der Waals surface area contributed by atoms with Crippen LogP contribution in [0.4, 0.5) is 5.69 Å². The summed E-state index contributed by atoms with van der Waals surface area (Å²) in [6, 6.07) is 21.8. The quantitative estimate of drug-likeness (QED) is 0.534. The van der Waals surface area contributed by atoms with Gasteiger partial charge < -0.3 is 10.1 Å². The van der Waals surface area contributed by atoms with Gasteiger partial charge in [0.1, 0.15) is 0 Å². The summed E-state index contributed by atoms with van der Waals surface area (Å²) in [4.78, 5) is 24.9. The molecule has 0 radical (unpaired) electrons. The van der Waals surface area contributed by atoms with Crippen LogP contribution in [-0.2, 0) is 9.53 Å². The van der Waals surface area contributed by atoms with E-state index in [1.807, 2.05) is 48.5 Å². The maximum absolute atomic E-state index is 12.6. The smallest absolute Gasteiger partial charge is 0.341 e. The number of ether oxygens (including phenoxy) is 1. The van der Waals surface area contributed by atoms with E-state index in [0.717, 1.165) is 11.1 Å². The van der Waals surface area contributed by atoms with E-state index < -0.39 is 18.0 Å². The lowest BCUT2D eigenvalue weighted by atomic mass is 10.0. The van der Waals surface area contributed by atoms with Gasteiger partial charge in [-0.2, -0.15) is 0 Å². The van der Waals surface area contributed by atoms with Gasteiger partial charge in [-0.15, -0.1) is 0 Å². The second-order valence-electron chi connectivity index (χ2n) is 6.05. The Balaban J connectivity index is 1.75. The highest BCUT2D eigenvalue weighted by atomic mass is 35.5. The highest BCUT2D eigenvalue weighted by Gasteiger charge is 2.23. The number of hydrogen-bond donors (Lipinski definition) is 1. The molecule has 0 aromatic heterocycles. The van der Waals surface area contributed by atoms with Gasteiger partial charge in [0.25, 0.3) is 5.91 Å². The lowest BCUT2D eigenvalue weighted by Crippen LogP contribution is -2.30. The predicted molar refractivity (Wildman–Crippen MR) is 112 cm³/mol. The van der Waals surface area contributed by atoms with Gasteiger partial charge >= 0.3 is 5.97 Å². The first-order chi connectivity index (χ1) is 13.5. The minimum atomic E-state index is -1.04. The number of benzene rings is 3. The van der Waals surface area contributed by atoms with Crippen LogP contribution in [0.15, 0.2) is 72.8 Å². The second kappa shape index (κ2) is 8.91. The number of carbonyl (C=O) groups is 2. The van der Waals surface area contributed by atoms with Gasteiger partial charge in [-0.05, 0) is 30.7 Å². The molecule has 6 heteroatoms. The fraction of sp³-hybridized carbons (Fsp3) is 0.0909. The predicted octanol–water partition coefficient (Wildman–Crippen LogP) is 5.84. The molecule has 0 aliphatic heterocycles. The lowest BCUT2D eigenvalue weighted by molar-refractivity contribution is -0.123. The first-order valence-corrected chi connectivity index (χ1v) is 9.33. The molecule has 0 spiro atoms. The maximum Gasteiger partial charge on any atom is 0.341 e. The fourth-order valence-corrected chi connectivity index (χ4v) is 3.21. The molecule has 1 atom stereocenters. The van der Waals surface area contributed by atoms with Crippen molar-refractivity contribution in [2.24, 2.45) is 0 Å². The summed E-state index contributed by atoms with van der Waals surface area (Å²) in [6.45, 7) is 1.49. The lowest BCUT2D eigenvalue weighted by Gasteiger charge is -2.16. The van der Waals surface area contributed by atoms with E-state index in [1.165, 1.54) is 19.1 Å². The van der Waals surface area contributed by atoms with E-state index in [9.17, 15) is 9.59 Å². The van der Waals surface area contributed by atoms with E-state index in [1.54, 1.807) is 12.1 Å². The van der Waals surface area contributed by atoms with Crippen molar-refractivity contribution in [2.45, 2.75) is 13.0 Å². The molecule has 3 rings (SSSR count). The maximum atomic E-state index is 12.6. The third-order valence-electron chi connectivity index (χ3n) is 4.09. The van der Waals surface area contributed by atoms with Crippen LogP contribution in [0.25, 0.3) is 11.1 Å². The number of esters is 1. The van der Waals surface area contributed by atoms with E-state index in [0.29, 0.717) is 5.69 Å². The Hall–Kier alpha value is -2.82. The number of rotatable bonds is 5. The van der Waals surface area contributed by atoms with Crippen LogP contribution in [-0.4, -0.2) is 18.0 Å². The van der Waals surface area contributed by atoms with Gasteiger partial charge in [-0.1, -0.05) is 77.8 Å². The van der Waals surface area contributed by atoms with Crippen LogP contribution in [0.1, 0.15) is 17.3 Å². The normalized spacial score (nSPS) is 11.5. The molecule has 1 amide bonds. The van der Waals surface area contributed by atoms with Gasteiger partial charge in [0.05, 0.1) is 15.6 Å². The molecule has 0 aliphatic carbocycles. The van der Waals surface area contributed by atoms with E-state index >= 15 is 0 Å². The third kappa shape index (κ3) is 4.53. The summed E-state index contributed by atoms with van der Waals surface area (Å²) in [5.74, 6) is -1.21. The molecule has 1 N–H and O–H groups in total. The Kier molecular flexibility index (Phi) is 6.34. The first kappa shape index (κ1) is 19.9. The van der Waals surface area contributed by atoms with Crippen molar-refractivity contribution in [1.29, 1.82) is 0 Å². The molecular formula is C22H17Cl2NO3. The molecule has 3 aromatic carbocycles. The minimum Gasteiger partial charge on any atom is -0.449 e. The summed E-state index contributed by atoms with van der Waals surface area (Å²) in [7, 11) is 0. The van der Waals surface area contributed by atoms with Gasteiger partial charge in [-0.25, -0.2) is 4.79 Å². The zero-order valence-electron chi connectivity index (χ0n) is 15.0. The number of carbonyl (C=O) groups excluding carboxylic acids is 2. The molecule has 0 fully saturated rings. The minimum absolute atomic E-state index is 0.0372. The average Bonchev–Trinajstić information content (AvgIpc) is 2.69. The largest absolute Gasteiger partial charge is 0.449 e. The van der Waals surface area contributed by atoms with Crippen molar-refractivity contribution in [3.05, 3.63) is 88.4 Å². The van der Waals surface area contributed by atoms with E-state index in [2.05, 4.69) is 5.32 Å². The van der Waals surface area contributed by atoms with Crippen LogP contribution in [0.5, 0.6) is 0 Å². The molecule has 0 aliphatic rings. The van der Waals surface area contributed by atoms with Crippen LogP contribution >= 0.6 is 23.2 Å². The third-order valence-corrected chi connectivity index (χ3v) is 4.72. The van der Waals surface area contributed by atoms with Gasteiger partial charge in [0.15, 0.2) is 6.10 Å². The van der Waals surface area contributed by atoms with Crippen molar-refractivity contribution in [3.63, 3.8) is 0 Å². The number of anilines is 1. The Labute approximate surface area is 173 Å². The Bertz CT molecular complexity index is 985. The Morgan fingerprint density at radius 2 is 1.46 bits per heavy atom. The van der Waals surface area contributed by atoms with Crippen LogP contribution in [0.3, 0.4) is 0 Å². The zero-order valence-corrected chi connectivity index (χ0v) is 16.5. The van der Waals surface area contributed by atoms with Crippen molar-refractivity contribution in [3.8, 4) is 11.1 Å². The summed E-state index contributed by atoms with van der Waals surface area (Å²) in [5, 5.41) is 3.15. The van der Waals surface area contributed by atoms with Gasteiger partial charge in [-0.3, -0.25) is 4.79 Å². The molecule has 142 valence electrons. The number of nitrogens with one attached hydrogen (secondary N) is 1. The van der Waals surface area contributed by atoms with Crippen LogP contribution in [0.2, 0.25) is 10.0 Å². The second-order valence-corrected chi connectivity index (χ2v) is 6.86. The SMILES string of the molecule is C[C@H](OC(=O)c1c(Cl)cccc1Cl)C(=O)Nc1ccccc1-c1ccccc1. The van der Waals surface area contributed by atoms with Crippen molar-refractivity contribution in [1.82, 2.24) is 0 Å². The van der Waals surface area contributed by atoms with Crippen LogP contribution < -0.4 is 5.32 Å². The molecule has 3 aromatic rings. The van der Waals surface area contributed by atoms with Crippen molar-refractivity contribution >= 4 is 40.8 Å². The molecule has 0 saturated carbocycles. The molecule has 0 unspecified atom stereocenters. The Morgan fingerprint density at radius 3 is 2.14 bits per heavy atom. The highest BCUT2D eigenvalue weighted by molar-refractivity contribution is 6.39. The summed E-state index contributed by atoms with van der Waals surface area (Å²) in [6.07, 6.45) is -1.04. The number of para-hydroxylation sites is 1. The topological polar surface area (TPSA) is 55.4 Å². The zero-order chi connectivity index (χ0) is 20.1. The number of hydrogen-bond acceptors (Lipinski definition) is 3. The summed E-state index contributed by atoms with van der Waals surface area (Å²) >= 11 is 12.0. The molecule has 28 heavy (non-hydrogen) atoms. The van der Waals surface area contributed by atoms with E-state index in [4.69, 9.17) is 27.9 Å². The van der Waals surface area contributed by atoms with Gasteiger partial charge in [0, 0.05) is 11.3 Å². The highest BCUT2D eigenvalue weighted by Crippen LogP contribution is 2.28. The summed E-state index contributed by atoms with van der Waals surface area (Å²) < 4.78 is 5.26. The average molecular weight is 414 g/mol. The van der Waals surface area contributed by atoms with E-state index in [-0.39, 0.29) is 15.6 Å². The molecular weight excluding hydrogens is 397 g/mol. The molecule has 0 bridgehead atoms. The van der Waals surface area contributed by atoms with Crippen LogP contribution in [0, 0.1) is 0 Å². The molecule has 0 heterocycles. The number of amides is 1. The van der Waals surface area contributed by atoms with Crippen molar-refractivity contribution in [2.75, 3.05) is 5.32 Å². The van der Waals surface area contributed by atoms with Gasteiger partial charge in [0.2, 0.25) is 0 Å².